The number of carbonyl (C=O) groups excluding carboxylic acids is 2. The first-order valence-electron chi connectivity index (χ1n) is 10.00. The standard InChI is InChI=1S/C23H24N4O3/c1-30-20-16-27(19-10-6-3-7-11-19)25-21(20)23(29)26-14-12-17(13-15-26)22(28)24-18-8-4-2-5-9-18/h2-11,16-17H,12-15H2,1H3,(H,24,28). The predicted molar refractivity (Wildman–Crippen MR) is 114 cm³/mol. The van der Waals surface area contributed by atoms with Gasteiger partial charge in [-0.1, -0.05) is 36.4 Å². The lowest BCUT2D eigenvalue weighted by Gasteiger charge is -2.31. The Morgan fingerprint density at radius 3 is 2.27 bits per heavy atom. The van der Waals surface area contributed by atoms with Crippen molar-refractivity contribution in [2.45, 2.75) is 12.8 Å². The van der Waals surface area contributed by atoms with Gasteiger partial charge in [-0.2, -0.15) is 5.10 Å². The van der Waals surface area contributed by atoms with Gasteiger partial charge in [-0.3, -0.25) is 9.59 Å². The van der Waals surface area contributed by atoms with Gasteiger partial charge in [-0.05, 0) is 37.1 Å². The molecule has 0 atom stereocenters. The number of carbonyl (C=O) groups is 2. The summed E-state index contributed by atoms with van der Waals surface area (Å²) in [6.45, 7) is 1.01. The van der Waals surface area contributed by atoms with E-state index >= 15 is 0 Å². The van der Waals surface area contributed by atoms with Crippen LogP contribution in [0.15, 0.2) is 66.9 Å². The van der Waals surface area contributed by atoms with Gasteiger partial charge in [0.15, 0.2) is 11.4 Å². The van der Waals surface area contributed by atoms with Crippen LogP contribution in [0.25, 0.3) is 5.69 Å². The number of nitrogens with zero attached hydrogens (tertiary/aromatic N) is 3. The maximum absolute atomic E-state index is 13.1. The molecule has 1 N–H and O–H groups in total. The Morgan fingerprint density at radius 1 is 1.00 bits per heavy atom. The van der Waals surface area contributed by atoms with E-state index in [1.807, 2.05) is 60.7 Å². The molecule has 1 aliphatic heterocycles. The number of benzene rings is 2. The molecule has 3 aromatic rings. The molecular formula is C23H24N4O3. The number of ether oxygens (including phenoxy) is 1. The third-order valence-corrected chi connectivity index (χ3v) is 5.32. The van der Waals surface area contributed by atoms with E-state index in [0.717, 1.165) is 11.4 Å². The quantitative estimate of drug-likeness (QED) is 0.707. The maximum atomic E-state index is 13.1. The summed E-state index contributed by atoms with van der Waals surface area (Å²) in [5.41, 5.74) is 1.93. The van der Waals surface area contributed by atoms with E-state index in [9.17, 15) is 9.59 Å². The summed E-state index contributed by atoms with van der Waals surface area (Å²) in [5.74, 6) is 0.147. The molecule has 4 rings (SSSR count). The normalized spacial score (nSPS) is 14.4. The van der Waals surface area contributed by atoms with Crippen LogP contribution in [0.4, 0.5) is 5.69 Å². The number of nitrogens with one attached hydrogen (secondary N) is 1. The summed E-state index contributed by atoms with van der Waals surface area (Å²) in [7, 11) is 1.53. The molecule has 1 fully saturated rings. The molecular weight excluding hydrogens is 380 g/mol. The lowest BCUT2D eigenvalue weighted by molar-refractivity contribution is -0.121. The van der Waals surface area contributed by atoms with Gasteiger partial charge in [0, 0.05) is 24.7 Å². The highest BCUT2D eigenvalue weighted by molar-refractivity contribution is 5.96. The van der Waals surface area contributed by atoms with Crippen molar-refractivity contribution >= 4 is 17.5 Å². The number of para-hydroxylation sites is 2. The Kier molecular flexibility index (Phi) is 5.79. The predicted octanol–water partition coefficient (Wildman–Crippen LogP) is 3.37. The van der Waals surface area contributed by atoms with Gasteiger partial charge >= 0.3 is 0 Å². The average Bonchev–Trinajstić information content (AvgIpc) is 3.24. The van der Waals surface area contributed by atoms with Gasteiger partial charge in [-0.25, -0.2) is 4.68 Å². The van der Waals surface area contributed by atoms with Crippen LogP contribution in [0.5, 0.6) is 5.75 Å². The molecule has 0 saturated carbocycles. The largest absolute Gasteiger partial charge is 0.493 e. The molecule has 1 aliphatic rings. The van der Waals surface area contributed by atoms with Gasteiger partial charge in [0.05, 0.1) is 19.0 Å². The van der Waals surface area contributed by atoms with Crippen molar-refractivity contribution < 1.29 is 14.3 Å². The Balaban J connectivity index is 1.41. The second-order valence-corrected chi connectivity index (χ2v) is 7.25. The van der Waals surface area contributed by atoms with Crippen molar-refractivity contribution in [3.63, 3.8) is 0 Å². The van der Waals surface area contributed by atoms with Gasteiger partial charge in [0.1, 0.15) is 0 Å². The van der Waals surface area contributed by atoms with Crippen LogP contribution >= 0.6 is 0 Å². The van der Waals surface area contributed by atoms with E-state index in [1.165, 1.54) is 7.11 Å². The first-order valence-corrected chi connectivity index (χ1v) is 10.00. The monoisotopic (exact) mass is 404 g/mol. The maximum Gasteiger partial charge on any atom is 0.278 e. The summed E-state index contributed by atoms with van der Waals surface area (Å²) in [6.07, 6.45) is 2.95. The molecule has 7 heteroatoms. The Labute approximate surface area is 175 Å². The van der Waals surface area contributed by atoms with Crippen LogP contribution < -0.4 is 10.1 Å². The second-order valence-electron chi connectivity index (χ2n) is 7.25. The van der Waals surface area contributed by atoms with Crippen molar-refractivity contribution in [3.05, 3.63) is 72.6 Å². The molecule has 1 saturated heterocycles. The van der Waals surface area contributed by atoms with Gasteiger partial charge in [0.25, 0.3) is 5.91 Å². The van der Waals surface area contributed by atoms with Crippen molar-refractivity contribution in [2.75, 3.05) is 25.5 Å². The summed E-state index contributed by atoms with van der Waals surface area (Å²) in [6, 6.07) is 19.0. The molecule has 2 heterocycles. The highest BCUT2D eigenvalue weighted by Crippen LogP contribution is 2.25. The number of likely N-dealkylation sites (tertiary alicyclic amines) is 1. The number of amides is 2. The Bertz CT molecular complexity index is 1010. The highest BCUT2D eigenvalue weighted by atomic mass is 16.5. The van der Waals surface area contributed by atoms with E-state index in [0.29, 0.717) is 31.7 Å². The molecule has 7 nitrogen and oxygen atoms in total. The average molecular weight is 404 g/mol. The van der Waals surface area contributed by atoms with Gasteiger partial charge < -0.3 is 15.0 Å². The molecule has 1 aromatic heterocycles. The highest BCUT2D eigenvalue weighted by Gasteiger charge is 2.30. The fraction of sp³-hybridized carbons (Fsp3) is 0.261. The summed E-state index contributed by atoms with van der Waals surface area (Å²) >= 11 is 0. The molecule has 0 bridgehead atoms. The van der Waals surface area contributed by atoms with Crippen molar-refractivity contribution in [1.82, 2.24) is 14.7 Å². The minimum absolute atomic E-state index is 0.000708. The fourth-order valence-electron chi connectivity index (χ4n) is 3.63. The number of methoxy groups -OCH3 is 1. The third-order valence-electron chi connectivity index (χ3n) is 5.32. The van der Waals surface area contributed by atoms with Crippen LogP contribution in [0.3, 0.4) is 0 Å². The molecule has 0 radical (unpaired) electrons. The van der Waals surface area contributed by atoms with Gasteiger partial charge in [0.2, 0.25) is 5.91 Å². The summed E-state index contributed by atoms with van der Waals surface area (Å²) < 4.78 is 7.04. The Morgan fingerprint density at radius 2 is 1.63 bits per heavy atom. The zero-order valence-electron chi connectivity index (χ0n) is 16.8. The molecule has 0 spiro atoms. The minimum Gasteiger partial charge on any atom is -0.493 e. The Hall–Kier alpha value is -3.61. The van der Waals surface area contributed by atoms with Crippen LogP contribution in [-0.2, 0) is 4.79 Å². The number of hydrogen-bond acceptors (Lipinski definition) is 4. The van der Waals surface area contributed by atoms with E-state index < -0.39 is 0 Å². The van der Waals surface area contributed by atoms with Crippen LogP contribution in [0, 0.1) is 5.92 Å². The van der Waals surface area contributed by atoms with E-state index in [1.54, 1.807) is 15.8 Å². The molecule has 2 aromatic carbocycles. The lowest BCUT2D eigenvalue weighted by Crippen LogP contribution is -2.41. The van der Waals surface area contributed by atoms with E-state index in [4.69, 9.17) is 4.74 Å². The molecule has 30 heavy (non-hydrogen) atoms. The number of piperidine rings is 1. The van der Waals surface area contributed by atoms with E-state index in [2.05, 4.69) is 10.4 Å². The molecule has 0 unspecified atom stereocenters. The van der Waals surface area contributed by atoms with Gasteiger partial charge in [-0.15, -0.1) is 0 Å². The summed E-state index contributed by atoms with van der Waals surface area (Å²) in [4.78, 5) is 27.3. The first kappa shape index (κ1) is 19.7. The second kappa shape index (κ2) is 8.82. The summed E-state index contributed by atoms with van der Waals surface area (Å²) in [5, 5.41) is 7.41. The third kappa shape index (κ3) is 4.20. The SMILES string of the molecule is COc1cn(-c2ccccc2)nc1C(=O)N1CCC(C(=O)Nc2ccccc2)CC1. The van der Waals surface area contributed by atoms with Crippen molar-refractivity contribution in [3.8, 4) is 11.4 Å². The minimum atomic E-state index is -0.177. The molecule has 0 aliphatic carbocycles. The zero-order valence-corrected chi connectivity index (χ0v) is 16.8. The number of aromatic nitrogens is 2. The van der Waals surface area contributed by atoms with Crippen LogP contribution in [0.2, 0.25) is 0 Å². The lowest BCUT2D eigenvalue weighted by atomic mass is 9.95. The molecule has 154 valence electrons. The van der Waals surface area contributed by atoms with Crippen LogP contribution in [-0.4, -0.2) is 46.7 Å². The number of anilines is 1. The number of hydrogen-bond donors (Lipinski definition) is 1. The van der Waals surface area contributed by atoms with E-state index in [-0.39, 0.29) is 23.4 Å². The molecule has 2 amide bonds. The topological polar surface area (TPSA) is 76.5 Å². The smallest absolute Gasteiger partial charge is 0.278 e. The van der Waals surface area contributed by atoms with Crippen molar-refractivity contribution in [1.29, 1.82) is 0 Å². The first-order chi connectivity index (χ1) is 14.7. The van der Waals surface area contributed by atoms with Crippen molar-refractivity contribution in [2.24, 2.45) is 5.92 Å². The number of rotatable bonds is 5. The van der Waals surface area contributed by atoms with Crippen LogP contribution in [0.1, 0.15) is 23.3 Å². The fourth-order valence-corrected chi connectivity index (χ4v) is 3.63. The zero-order chi connectivity index (χ0) is 20.9.